The number of nitrogens with two attached hydrogens (primary N) is 1. The molecule has 1 atom stereocenters. The zero-order valence-corrected chi connectivity index (χ0v) is 17.7. The van der Waals surface area contributed by atoms with E-state index in [0.29, 0.717) is 22.8 Å². The third kappa shape index (κ3) is 4.18. The fourth-order valence-electron chi connectivity index (χ4n) is 3.67. The van der Waals surface area contributed by atoms with Crippen LogP contribution in [-0.2, 0) is 9.59 Å². The van der Waals surface area contributed by atoms with Crippen molar-refractivity contribution in [2.24, 2.45) is 11.7 Å². The summed E-state index contributed by atoms with van der Waals surface area (Å²) in [7, 11) is 1.56. The molecular weight excluding hydrogens is 410 g/mol. The summed E-state index contributed by atoms with van der Waals surface area (Å²) in [5.41, 5.74) is 8.38. The SMILES string of the molecule is COc1ccc(C)cc1N1CC(C(=O)Nc2ccc(-n3ccc(C(N)=O)n3)cc2)CC1=O. The second kappa shape index (κ2) is 8.54. The molecule has 9 nitrogen and oxygen atoms in total. The number of anilines is 2. The molecule has 2 heterocycles. The fraction of sp³-hybridized carbons (Fsp3) is 0.217. The van der Waals surface area contributed by atoms with Gasteiger partial charge in [0.15, 0.2) is 0 Å². The molecule has 1 saturated heterocycles. The minimum absolute atomic E-state index is 0.117. The number of nitrogens with zero attached hydrogens (tertiary/aromatic N) is 3. The number of methoxy groups -OCH3 is 1. The number of rotatable bonds is 6. The predicted molar refractivity (Wildman–Crippen MR) is 119 cm³/mol. The smallest absolute Gasteiger partial charge is 0.269 e. The number of aryl methyl sites for hydroxylation is 1. The first-order valence-electron chi connectivity index (χ1n) is 10.1. The number of benzene rings is 2. The molecule has 1 aliphatic rings. The number of amides is 3. The van der Waals surface area contributed by atoms with Gasteiger partial charge in [-0.05, 0) is 55.0 Å². The van der Waals surface area contributed by atoms with Gasteiger partial charge < -0.3 is 20.7 Å². The van der Waals surface area contributed by atoms with E-state index in [1.807, 2.05) is 25.1 Å². The summed E-state index contributed by atoms with van der Waals surface area (Å²) in [5.74, 6) is -0.824. The molecule has 0 aliphatic carbocycles. The number of carbonyl (C=O) groups is 3. The monoisotopic (exact) mass is 433 g/mol. The van der Waals surface area contributed by atoms with Crippen LogP contribution in [0.5, 0.6) is 5.75 Å². The van der Waals surface area contributed by atoms with Gasteiger partial charge in [-0.3, -0.25) is 14.4 Å². The maximum Gasteiger partial charge on any atom is 0.269 e. The first-order valence-corrected chi connectivity index (χ1v) is 10.1. The molecular formula is C23H23N5O4. The first kappa shape index (κ1) is 21.1. The fourth-order valence-corrected chi connectivity index (χ4v) is 3.67. The quantitative estimate of drug-likeness (QED) is 0.618. The Morgan fingerprint density at radius 2 is 1.91 bits per heavy atom. The number of aromatic nitrogens is 2. The maximum atomic E-state index is 12.8. The van der Waals surface area contributed by atoms with Crippen LogP contribution in [0.25, 0.3) is 5.69 Å². The molecule has 0 radical (unpaired) electrons. The second-order valence-electron chi connectivity index (χ2n) is 7.63. The van der Waals surface area contributed by atoms with Crippen molar-refractivity contribution in [1.82, 2.24) is 9.78 Å². The summed E-state index contributed by atoms with van der Waals surface area (Å²) in [5, 5.41) is 6.97. The zero-order valence-electron chi connectivity index (χ0n) is 17.7. The highest BCUT2D eigenvalue weighted by Gasteiger charge is 2.36. The maximum absolute atomic E-state index is 12.8. The van der Waals surface area contributed by atoms with Gasteiger partial charge in [-0.2, -0.15) is 5.10 Å². The van der Waals surface area contributed by atoms with Crippen molar-refractivity contribution in [3.8, 4) is 11.4 Å². The number of nitrogens with one attached hydrogen (secondary N) is 1. The molecule has 1 aromatic heterocycles. The van der Waals surface area contributed by atoms with Gasteiger partial charge in [0.2, 0.25) is 11.8 Å². The molecule has 2 aromatic carbocycles. The van der Waals surface area contributed by atoms with E-state index >= 15 is 0 Å². The van der Waals surface area contributed by atoms with Crippen molar-refractivity contribution < 1.29 is 19.1 Å². The predicted octanol–water partition coefficient (Wildman–Crippen LogP) is 2.28. The van der Waals surface area contributed by atoms with E-state index in [-0.39, 0.29) is 30.5 Å². The lowest BCUT2D eigenvalue weighted by Crippen LogP contribution is -2.28. The Hall–Kier alpha value is -4.14. The van der Waals surface area contributed by atoms with Gasteiger partial charge in [0.1, 0.15) is 11.4 Å². The molecule has 0 spiro atoms. The van der Waals surface area contributed by atoms with E-state index in [1.165, 1.54) is 10.7 Å². The number of hydrogen-bond donors (Lipinski definition) is 2. The van der Waals surface area contributed by atoms with Gasteiger partial charge in [0.25, 0.3) is 5.91 Å². The van der Waals surface area contributed by atoms with Crippen LogP contribution in [0.3, 0.4) is 0 Å². The highest BCUT2D eigenvalue weighted by molar-refractivity contribution is 6.04. The Bertz CT molecular complexity index is 1190. The molecule has 3 amide bonds. The van der Waals surface area contributed by atoms with Crippen molar-refractivity contribution >= 4 is 29.1 Å². The molecule has 3 N–H and O–H groups in total. The van der Waals surface area contributed by atoms with E-state index in [4.69, 9.17) is 10.5 Å². The molecule has 0 saturated carbocycles. The molecule has 164 valence electrons. The standard InChI is InChI=1S/C23H23N5O4/c1-14-3-8-20(32-2)19(11-14)27-13-15(12-21(27)29)23(31)25-16-4-6-17(7-5-16)28-10-9-18(26-28)22(24)30/h3-11,15H,12-13H2,1-2H3,(H2,24,30)(H,25,31). The van der Waals surface area contributed by atoms with Crippen molar-refractivity contribution in [2.75, 3.05) is 23.9 Å². The number of hydrogen-bond acceptors (Lipinski definition) is 5. The average Bonchev–Trinajstić information content (AvgIpc) is 3.42. The van der Waals surface area contributed by atoms with E-state index in [2.05, 4.69) is 10.4 Å². The molecule has 3 aromatic rings. The van der Waals surface area contributed by atoms with Gasteiger partial charge in [-0.15, -0.1) is 0 Å². The minimum Gasteiger partial charge on any atom is -0.495 e. The normalized spacial score (nSPS) is 15.6. The van der Waals surface area contributed by atoms with Crippen LogP contribution in [0.4, 0.5) is 11.4 Å². The number of primary amides is 1. The molecule has 0 bridgehead atoms. The van der Waals surface area contributed by atoms with Crippen LogP contribution in [-0.4, -0.2) is 41.2 Å². The van der Waals surface area contributed by atoms with Crippen molar-refractivity contribution in [3.05, 3.63) is 66.0 Å². The van der Waals surface area contributed by atoms with Crippen molar-refractivity contribution in [2.45, 2.75) is 13.3 Å². The van der Waals surface area contributed by atoms with Crippen molar-refractivity contribution in [3.63, 3.8) is 0 Å². The third-order valence-corrected chi connectivity index (χ3v) is 5.36. The Morgan fingerprint density at radius 1 is 1.16 bits per heavy atom. The van der Waals surface area contributed by atoms with Crippen LogP contribution in [0.15, 0.2) is 54.7 Å². The molecule has 9 heteroatoms. The Labute approximate surface area is 184 Å². The summed E-state index contributed by atoms with van der Waals surface area (Å²) in [6, 6.07) is 14.1. The lowest BCUT2D eigenvalue weighted by atomic mass is 10.1. The summed E-state index contributed by atoms with van der Waals surface area (Å²) >= 11 is 0. The Morgan fingerprint density at radius 3 is 2.56 bits per heavy atom. The zero-order chi connectivity index (χ0) is 22.8. The van der Waals surface area contributed by atoms with Gasteiger partial charge in [-0.1, -0.05) is 6.07 Å². The minimum atomic E-state index is -0.601. The van der Waals surface area contributed by atoms with E-state index < -0.39 is 11.8 Å². The first-order chi connectivity index (χ1) is 15.4. The van der Waals surface area contributed by atoms with Crippen LogP contribution < -0.4 is 20.7 Å². The largest absolute Gasteiger partial charge is 0.495 e. The van der Waals surface area contributed by atoms with E-state index in [1.54, 1.807) is 42.5 Å². The highest BCUT2D eigenvalue weighted by Crippen LogP contribution is 2.34. The van der Waals surface area contributed by atoms with Gasteiger partial charge in [0, 0.05) is 24.8 Å². The van der Waals surface area contributed by atoms with Crippen molar-refractivity contribution in [1.29, 1.82) is 0 Å². The second-order valence-corrected chi connectivity index (χ2v) is 7.63. The van der Waals surface area contributed by atoms with Crippen LogP contribution in [0.2, 0.25) is 0 Å². The third-order valence-electron chi connectivity index (χ3n) is 5.36. The molecule has 1 unspecified atom stereocenters. The summed E-state index contributed by atoms with van der Waals surface area (Å²) < 4.78 is 6.91. The lowest BCUT2D eigenvalue weighted by Gasteiger charge is -2.20. The van der Waals surface area contributed by atoms with Crippen LogP contribution in [0.1, 0.15) is 22.5 Å². The summed E-state index contributed by atoms with van der Waals surface area (Å²) in [6.07, 6.45) is 1.76. The van der Waals surface area contributed by atoms with Crippen LogP contribution >= 0.6 is 0 Å². The summed E-state index contributed by atoms with van der Waals surface area (Å²) in [4.78, 5) is 38.2. The average molecular weight is 433 g/mol. The highest BCUT2D eigenvalue weighted by atomic mass is 16.5. The lowest BCUT2D eigenvalue weighted by molar-refractivity contribution is -0.122. The number of carbonyl (C=O) groups excluding carboxylic acids is 3. The Kier molecular flexibility index (Phi) is 5.63. The van der Waals surface area contributed by atoms with Gasteiger partial charge in [-0.25, -0.2) is 4.68 Å². The van der Waals surface area contributed by atoms with E-state index in [0.717, 1.165) is 5.56 Å². The molecule has 32 heavy (non-hydrogen) atoms. The molecule has 1 aliphatic heterocycles. The summed E-state index contributed by atoms with van der Waals surface area (Å²) in [6.45, 7) is 2.22. The Balaban J connectivity index is 1.44. The molecule has 1 fully saturated rings. The van der Waals surface area contributed by atoms with Gasteiger partial charge >= 0.3 is 0 Å². The topological polar surface area (TPSA) is 120 Å². The van der Waals surface area contributed by atoms with E-state index in [9.17, 15) is 14.4 Å². The van der Waals surface area contributed by atoms with Crippen LogP contribution in [0, 0.1) is 12.8 Å². The molecule has 4 rings (SSSR count). The number of ether oxygens (including phenoxy) is 1. The van der Waals surface area contributed by atoms with Gasteiger partial charge in [0.05, 0.1) is 24.4 Å².